The van der Waals surface area contributed by atoms with Crippen molar-refractivity contribution in [2.24, 2.45) is 0 Å². The highest BCUT2D eigenvalue weighted by atomic mass is 15.2. The van der Waals surface area contributed by atoms with Gasteiger partial charge in [-0.3, -0.25) is 4.57 Å². The maximum absolute atomic E-state index is 9.61. The van der Waals surface area contributed by atoms with Gasteiger partial charge in [0.25, 0.3) is 0 Å². The topological polar surface area (TPSA) is 43.6 Å². The number of rotatable bonds is 5. The highest BCUT2D eigenvalue weighted by Gasteiger charge is 2.37. The van der Waals surface area contributed by atoms with Crippen LogP contribution < -0.4 is 0 Å². The highest BCUT2D eigenvalue weighted by molar-refractivity contribution is 6.15. The van der Waals surface area contributed by atoms with Crippen LogP contribution in [0.1, 0.15) is 46.8 Å². The second kappa shape index (κ2) is 11.7. The van der Waals surface area contributed by atoms with E-state index in [0.717, 1.165) is 26.8 Å². The highest BCUT2D eigenvalue weighted by Crippen LogP contribution is 2.52. The zero-order valence-corrected chi connectivity index (χ0v) is 27.2. The van der Waals surface area contributed by atoms with Crippen molar-refractivity contribution in [2.75, 3.05) is 0 Å². The number of fused-ring (bicyclic) bond motifs is 7. The van der Waals surface area contributed by atoms with E-state index in [4.69, 9.17) is 30.0 Å². The predicted molar refractivity (Wildman–Crippen MR) is 213 cm³/mol. The van der Waals surface area contributed by atoms with Gasteiger partial charge in [0.1, 0.15) is 0 Å². The molecule has 52 heavy (non-hydrogen) atoms. The normalized spacial score (nSPS) is 17.8. The fourth-order valence-corrected chi connectivity index (χ4v) is 6.95. The molecule has 0 bridgehead atoms. The summed E-state index contributed by atoms with van der Waals surface area (Å²) in [5.74, 6) is -0.220. The molecule has 2 heterocycles. The van der Waals surface area contributed by atoms with Crippen molar-refractivity contribution in [1.29, 1.82) is 0 Å². The number of para-hydroxylation sites is 1. The van der Waals surface area contributed by atoms with Gasteiger partial charge in [-0.25, -0.2) is 4.98 Å². The SMILES string of the molecule is [2H]c1c([2H])c([2H])c2c(c1[2H])-c1c(c([2H])c([2H])c3c4c([2H])c([2H])c([2H])c([2H])c4n(-c4nc(-c5cccc(-c6ccccc6)c5)nc(-c5cccc(-c6ccccc6)c5)n4)c13)C2(C([2H])([2H])[2H])C([2H])([2H])[2H]. The maximum atomic E-state index is 9.61. The number of aromatic nitrogens is 4. The van der Waals surface area contributed by atoms with Gasteiger partial charge in [-0.1, -0.05) is 165 Å². The second-order valence-electron chi connectivity index (χ2n) is 12.5. The number of nitrogens with zero attached hydrogens (tertiary/aromatic N) is 4. The lowest BCUT2D eigenvalue weighted by Crippen LogP contribution is -2.14. The molecule has 0 saturated carbocycles. The Bertz CT molecular complexity index is 3490. The monoisotopic (exact) mass is 682 g/mol. The molecule has 9 aromatic rings. The summed E-state index contributed by atoms with van der Waals surface area (Å²) in [5.41, 5.74) is -2.51. The molecule has 7 aromatic carbocycles. The van der Waals surface area contributed by atoms with Gasteiger partial charge in [0.15, 0.2) is 11.6 Å². The summed E-state index contributed by atoms with van der Waals surface area (Å²) < 4.78 is 146. The van der Waals surface area contributed by atoms with Crippen LogP contribution in [0, 0.1) is 0 Å². The summed E-state index contributed by atoms with van der Waals surface area (Å²) >= 11 is 0. The van der Waals surface area contributed by atoms with Crippen LogP contribution in [0.2, 0.25) is 0 Å². The molecule has 1 aliphatic rings. The summed E-state index contributed by atoms with van der Waals surface area (Å²) in [6.45, 7) is -7.32. The van der Waals surface area contributed by atoms with Gasteiger partial charge in [-0.05, 0) is 57.1 Å². The number of hydrogen-bond donors (Lipinski definition) is 0. The quantitative estimate of drug-likeness (QED) is 0.181. The van der Waals surface area contributed by atoms with E-state index >= 15 is 0 Å². The molecule has 0 atom stereocenters. The zero-order chi connectivity index (χ0) is 48.5. The van der Waals surface area contributed by atoms with Crippen LogP contribution >= 0.6 is 0 Å². The molecule has 0 spiro atoms. The third kappa shape index (κ3) is 4.72. The standard InChI is InChI=1S/C48H34N4/c1-48(2)40-25-11-9-24-39(40)43-41(48)28-27-38-37-23-10-12-26-42(37)52(44(38)43)47-50-45(35-21-13-19-33(29-35)31-15-5-3-6-16-31)49-46(51-47)36-22-14-20-34(30-36)32-17-7-4-8-18-32/h3-30H,1-2H3/i1D3,2D3,9D,10D,11D,12D,23D,24D,25D,26D,27D,28D. The molecule has 0 saturated heterocycles. The van der Waals surface area contributed by atoms with Crippen LogP contribution in [0.25, 0.3) is 83.9 Å². The van der Waals surface area contributed by atoms with Crippen LogP contribution in [0.4, 0.5) is 0 Å². The van der Waals surface area contributed by atoms with Gasteiger partial charge in [-0.2, -0.15) is 9.97 Å². The van der Waals surface area contributed by atoms with E-state index in [1.165, 1.54) is 0 Å². The third-order valence-corrected chi connectivity index (χ3v) is 9.37. The average molecular weight is 683 g/mol. The maximum Gasteiger partial charge on any atom is 0.238 e. The molecule has 4 heteroatoms. The van der Waals surface area contributed by atoms with Gasteiger partial charge >= 0.3 is 0 Å². The fraction of sp³-hybridized carbons (Fsp3) is 0.0625. The van der Waals surface area contributed by atoms with Crippen molar-refractivity contribution in [2.45, 2.75) is 19.1 Å². The van der Waals surface area contributed by atoms with Crippen LogP contribution in [0.5, 0.6) is 0 Å². The Balaban J connectivity index is 1.44. The molecule has 0 unspecified atom stereocenters. The summed E-state index contributed by atoms with van der Waals surface area (Å²) in [6.07, 6.45) is 0. The van der Waals surface area contributed by atoms with Crippen LogP contribution in [-0.2, 0) is 5.41 Å². The first kappa shape index (κ1) is 18.0. The van der Waals surface area contributed by atoms with Crippen molar-refractivity contribution in [3.05, 3.63) is 181 Å². The zero-order valence-electron chi connectivity index (χ0n) is 43.2. The van der Waals surface area contributed by atoms with Crippen molar-refractivity contribution >= 4 is 21.8 Å². The largest absolute Gasteiger partial charge is 0.277 e. The molecular formula is C48H34N4. The lowest BCUT2D eigenvalue weighted by Gasteiger charge is -2.21. The van der Waals surface area contributed by atoms with Crippen LogP contribution in [0.3, 0.4) is 0 Å². The van der Waals surface area contributed by atoms with Crippen molar-refractivity contribution in [3.63, 3.8) is 0 Å². The predicted octanol–water partition coefficient (Wildman–Crippen LogP) is 11.9. The Morgan fingerprint density at radius 2 is 1.10 bits per heavy atom. The van der Waals surface area contributed by atoms with Crippen LogP contribution in [0.15, 0.2) is 170 Å². The van der Waals surface area contributed by atoms with Crippen molar-refractivity contribution < 1.29 is 21.9 Å². The number of benzene rings is 7. The summed E-state index contributed by atoms with van der Waals surface area (Å²) in [4.78, 5) is 14.9. The van der Waals surface area contributed by atoms with E-state index in [0.29, 0.717) is 11.1 Å². The van der Waals surface area contributed by atoms with E-state index < -0.39 is 102 Å². The van der Waals surface area contributed by atoms with Crippen molar-refractivity contribution in [1.82, 2.24) is 19.5 Å². The van der Waals surface area contributed by atoms with Gasteiger partial charge in [0, 0.05) is 41.1 Å². The first-order chi connectivity index (χ1) is 32.2. The summed E-state index contributed by atoms with van der Waals surface area (Å²) in [6, 6.07) is 25.4. The average Bonchev–Trinajstić information content (AvgIpc) is 3.87. The Morgan fingerprint density at radius 1 is 0.519 bits per heavy atom. The Kier molecular flexibility index (Phi) is 4.06. The third-order valence-electron chi connectivity index (χ3n) is 9.37. The molecule has 0 radical (unpaired) electrons. The number of hydrogen-bond acceptors (Lipinski definition) is 3. The Labute approximate surface area is 325 Å². The Hall–Kier alpha value is -6.65. The van der Waals surface area contributed by atoms with Gasteiger partial charge in [0.05, 0.1) is 24.7 Å². The minimum absolute atomic E-state index is 0.0604. The van der Waals surface area contributed by atoms with Crippen LogP contribution in [-0.4, -0.2) is 19.5 Å². The molecule has 10 rings (SSSR count). The molecule has 246 valence electrons. The summed E-state index contributed by atoms with van der Waals surface area (Å²) in [5, 5.41) is -0.683. The molecule has 1 aliphatic carbocycles. The van der Waals surface area contributed by atoms with Crippen molar-refractivity contribution in [3.8, 4) is 62.1 Å². The molecule has 0 aliphatic heterocycles. The first-order valence-corrected chi connectivity index (χ1v) is 16.5. The first-order valence-electron chi connectivity index (χ1n) is 24.5. The van der Waals surface area contributed by atoms with Gasteiger partial charge < -0.3 is 0 Å². The lowest BCUT2D eigenvalue weighted by molar-refractivity contribution is 0.660. The fourth-order valence-electron chi connectivity index (χ4n) is 6.95. The smallest absolute Gasteiger partial charge is 0.238 e. The molecule has 0 fully saturated rings. The minimum Gasteiger partial charge on any atom is -0.277 e. The van der Waals surface area contributed by atoms with Gasteiger partial charge in [-0.15, -0.1) is 0 Å². The van der Waals surface area contributed by atoms with E-state index in [9.17, 15) is 6.85 Å². The summed E-state index contributed by atoms with van der Waals surface area (Å²) in [7, 11) is 0. The van der Waals surface area contributed by atoms with Gasteiger partial charge in [0.2, 0.25) is 5.95 Å². The molecular weight excluding hydrogens is 633 g/mol. The lowest BCUT2D eigenvalue weighted by atomic mass is 9.82. The Morgan fingerprint density at radius 3 is 1.75 bits per heavy atom. The molecule has 0 N–H and O–H groups in total. The molecule has 0 amide bonds. The van der Waals surface area contributed by atoms with E-state index in [1.54, 1.807) is 24.3 Å². The van der Waals surface area contributed by atoms with E-state index in [2.05, 4.69) is 0 Å². The second-order valence-corrected chi connectivity index (χ2v) is 12.5. The molecule has 2 aromatic heterocycles. The minimum atomic E-state index is -3.66. The molecule has 4 nitrogen and oxygen atoms in total. The van der Waals surface area contributed by atoms with E-state index in [-0.39, 0.29) is 39.4 Å². The van der Waals surface area contributed by atoms with E-state index in [1.807, 2.05) is 84.9 Å².